The van der Waals surface area contributed by atoms with Gasteiger partial charge in [0.05, 0.1) is 11.8 Å². The van der Waals surface area contributed by atoms with E-state index in [9.17, 15) is 9.59 Å². The summed E-state index contributed by atoms with van der Waals surface area (Å²) in [5.74, 6) is 1.99. The summed E-state index contributed by atoms with van der Waals surface area (Å²) in [5.41, 5.74) is 0. The van der Waals surface area contributed by atoms with Crippen LogP contribution in [0.5, 0.6) is 0 Å². The fourth-order valence-corrected chi connectivity index (χ4v) is 6.56. The van der Waals surface area contributed by atoms with Crippen LogP contribution in [0.15, 0.2) is 36.6 Å². The van der Waals surface area contributed by atoms with Crippen molar-refractivity contribution in [2.75, 3.05) is 44.2 Å². The number of hydrogen-bond acceptors (Lipinski definition) is 6. The molecule has 2 aliphatic heterocycles. The van der Waals surface area contributed by atoms with Gasteiger partial charge in [0.25, 0.3) is 0 Å². The van der Waals surface area contributed by atoms with Crippen LogP contribution < -0.4 is 4.90 Å². The van der Waals surface area contributed by atoms with E-state index in [1.54, 1.807) is 17.2 Å². The van der Waals surface area contributed by atoms with E-state index >= 15 is 0 Å². The van der Waals surface area contributed by atoms with Crippen molar-refractivity contribution >= 4 is 29.4 Å². The van der Waals surface area contributed by atoms with Crippen molar-refractivity contribution in [2.24, 2.45) is 35.5 Å². The molecule has 1 saturated carbocycles. The van der Waals surface area contributed by atoms with Gasteiger partial charge in [0.15, 0.2) is 0 Å². The van der Waals surface area contributed by atoms with E-state index in [0.29, 0.717) is 29.5 Å². The zero-order valence-electron chi connectivity index (χ0n) is 18.0. The molecule has 3 heterocycles. The van der Waals surface area contributed by atoms with Crippen LogP contribution in [-0.4, -0.2) is 70.9 Å². The van der Waals surface area contributed by atoms with Crippen LogP contribution in [-0.2, 0) is 9.59 Å². The Balaban J connectivity index is 0.980. The summed E-state index contributed by atoms with van der Waals surface area (Å²) in [4.78, 5) is 41.0. The van der Waals surface area contributed by atoms with Gasteiger partial charge >= 0.3 is 0 Å². The lowest BCUT2D eigenvalue weighted by molar-refractivity contribution is -0.140. The molecule has 8 heteroatoms. The molecule has 2 amide bonds. The Morgan fingerprint density at radius 2 is 1.44 bits per heavy atom. The first kappa shape index (κ1) is 20.4. The number of aromatic nitrogens is 2. The summed E-state index contributed by atoms with van der Waals surface area (Å²) >= 11 is 5.98. The van der Waals surface area contributed by atoms with Gasteiger partial charge in [-0.05, 0) is 49.1 Å². The lowest BCUT2D eigenvalue weighted by Crippen LogP contribution is -2.50. The van der Waals surface area contributed by atoms with Crippen LogP contribution in [0.2, 0.25) is 5.15 Å². The second-order valence-electron chi connectivity index (χ2n) is 9.67. The van der Waals surface area contributed by atoms with E-state index in [1.165, 1.54) is 0 Å². The van der Waals surface area contributed by atoms with Gasteiger partial charge in [0.1, 0.15) is 5.15 Å². The highest BCUT2D eigenvalue weighted by Crippen LogP contribution is 2.58. The summed E-state index contributed by atoms with van der Waals surface area (Å²) in [6.07, 6.45) is 12.4. The van der Waals surface area contributed by atoms with Crippen molar-refractivity contribution in [1.29, 1.82) is 0 Å². The number of halogens is 1. The molecule has 6 unspecified atom stereocenters. The topological polar surface area (TPSA) is 69.6 Å². The van der Waals surface area contributed by atoms with Crippen LogP contribution in [0.3, 0.4) is 0 Å². The summed E-state index contributed by atoms with van der Waals surface area (Å²) in [5, 5.41) is 0.469. The highest BCUT2D eigenvalue weighted by molar-refractivity contribution is 6.29. The number of allylic oxidation sites excluding steroid dienone is 4. The Bertz CT molecular complexity index is 948. The number of unbranched alkanes of at least 4 members (excludes halogenated alkanes) is 1. The number of hydrogen-bond donors (Lipinski definition) is 0. The van der Waals surface area contributed by atoms with E-state index in [4.69, 9.17) is 11.6 Å². The molecule has 2 bridgehead atoms. The second-order valence-corrected chi connectivity index (χ2v) is 10.1. The first-order valence-electron chi connectivity index (χ1n) is 11.8. The Morgan fingerprint density at radius 3 is 2.03 bits per heavy atom. The van der Waals surface area contributed by atoms with E-state index in [0.717, 1.165) is 45.6 Å². The van der Waals surface area contributed by atoms with Crippen molar-refractivity contribution in [1.82, 2.24) is 19.8 Å². The maximum atomic E-state index is 13.1. The number of anilines is 1. The minimum atomic E-state index is -0.120. The van der Waals surface area contributed by atoms with Gasteiger partial charge in [-0.25, -0.2) is 9.97 Å². The number of rotatable bonds is 6. The average Bonchev–Trinajstić information content (AvgIpc) is 3.03. The molecule has 4 aliphatic carbocycles. The molecule has 0 N–H and O–H groups in total. The number of imide groups is 1. The minimum absolute atomic E-state index is 0.0771. The van der Waals surface area contributed by atoms with Crippen LogP contribution in [0.1, 0.15) is 12.8 Å². The normalized spacial score (nSPS) is 35.3. The van der Waals surface area contributed by atoms with E-state index < -0.39 is 0 Å². The minimum Gasteiger partial charge on any atom is -0.338 e. The Kier molecular flexibility index (Phi) is 5.06. The highest BCUT2D eigenvalue weighted by atomic mass is 35.5. The monoisotopic (exact) mass is 453 g/mol. The van der Waals surface area contributed by atoms with Crippen molar-refractivity contribution < 1.29 is 9.59 Å². The predicted molar refractivity (Wildman–Crippen MR) is 121 cm³/mol. The molecule has 2 saturated heterocycles. The zero-order chi connectivity index (χ0) is 21.8. The summed E-state index contributed by atoms with van der Waals surface area (Å²) in [6, 6.07) is 1.69. The number of carbonyl (C=O) groups is 2. The fourth-order valence-electron chi connectivity index (χ4n) is 6.43. The van der Waals surface area contributed by atoms with Gasteiger partial charge in [0, 0.05) is 38.9 Å². The molecule has 6 atom stereocenters. The number of nitrogens with zero attached hydrogens (tertiary/aromatic N) is 5. The summed E-state index contributed by atoms with van der Waals surface area (Å²) in [7, 11) is 0. The summed E-state index contributed by atoms with van der Waals surface area (Å²) in [6.45, 7) is 5.19. The third kappa shape index (κ3) is 3.20. The second kappa shape index (κ2) is 7.96. The Labute approximate surface area is 193 Å². The molecule has 32 heavy (non-hydrogen) atoms. The first-order chi connectivity index (χ1) is 15.6. The SMILES string of the molecule is O=C1C2C3C=CC(C4C=CC43)C2C(=O)N1CCCCN1CCN(c2nccc(Cl)n2)CC1. The van der Waals surface area contributed by atoms with E-state index in [-0.39, 0.29) is 35.5 Å². The lowest BCUT2D eigenvalue weighted by atomic mass is 9.50. The maximum absolute atomic E-state index is 13.1. The predicted octanol–water partition coefficient (Wildman–Crippen LogP) is 2.25. The number of likely N-dealkylation sites (tertiary alicyclic amines) is 1. The van der Waals surface area contributed by atoms with Gasteiger partial charge < -0.3 is 4.90 Å². The van der Waals surface area contributed by atoms with Crippen LogP contribution in [0.25, 0.3) is 0 Å². The molecule has 0 radical (unpaired) electrons. The smallest absolute Gasteiger partial charge is 0.233 e. The number of amides is 2. The molecule has 1 aromatic rings. The van der Waals surface area contributed by atoms with Gasteiger partial charge in [-0.1, -0.05) is 35.9 Å². The number of piperazine rings is 1. The lowest BCUT2D eigenvalue weighted by Gasteiger charge is -2.51. The van der Waals surface area contributed by atoms with Crippen LogP contribution in [0.4, 0.5) is 5.95 Å². The first-order valence-corrected chi connectivity index (χ1v) is 12.2. The van der Waals surface area contributed by atoms with E-state index in [2.05, 4.69) is 44.1 Å². The standard InChI is InChI=1S/C24H28ClN5O2/c25-19-7-8-26-24(27-19)29-13-11-28(12-14-29)9-1-2-10-30-22(31)20-17-5-6-18(21(20)23(30)32)16-4-3-15(16)17/h3-8,15-18,20-21H,1-2,9-14H2. The molecular weight excluding hydrogens is 426 g/mol. The van der Waals surface area contributed by atoms with Crippen molar-refractivity contribution in [3.8, 4) is 0 Å². The third-order valence-corrected chi connectivity index (χ3v) is 8.34. The maximum Gasteiger partial charge on any atom is 0.233 e. The molecule has 6 aliphatic rings. The third-order valence-electron chi connectivity index (χ3n) is 8.13. The Morgan fingerprint density at radius 1 is 0.844 bits per heavy atom. The van der Waals surface area contributed by atoms with Crippen LogP contribution >= 0.6 is 11.6 Å². The Hall–Kier alpha value is -2.25. The molecule has 1 aromatic heterocycles. The fraction of sp³-hybridized carbons (Fsp3) is 0.583. The molecule has 3 fully saturated rings. The quantitative estimate of drug-likeness (QED) is 0.285. The van der Waals surface area contributed by atoms with Crippen LogP contribution in [0, 0.1) is 35.5 Å². The molecule has 7 rings (SSSR count). The average molecular weight is 454 g/mol. The summed E-state index contributed by atoms with van der Waals surface area (Å²) < 4.78 is 0. The van der Waals surface area contributed by atoms with Gasteiger partial charge in [-0.15, -0.1) is 0 Å². The molecule has 7 nitrogen and oxygen atoms in total. The van der Waals surface area contributed by atoms with Gasteiger partial charge in [-0.2, -0.15) is 0 Å². The zero-order valence-corrected chi connectivity index (χ0v) is 18.8. The molecular formula is C24H28ClN5O2. The van der Waals surface area contributed by atoms with Crippen molar-refractivity contribution in [2.45, 2.75) is 12.8 Å². The van der Waals surface area contributed by atoms with E-state index in [1.807, 2.05) is 0 Å². The van der Waals surface area contributed by atoms with Gasteiger partial charge in [0.2, 0.25) is 17.8 Å². The largest absolute Gasteiger partial charge is 0.338 e. The number of carbonyl (C=O) groups excluding carboxylic acids is 2. The highest BCUT2D eigenvalue weighted by Gasteiger charge is 2.62. The van der Waals surface area contributed by atoms with Gasteiger partial charge in [-0.3, -0.25) is 19.4 Å². The van der Waals surface area contributed by atoms with Crippen molar-refractivity contribution in [3.63, 3.8) is 0 Å². The molecule has 0 spiro atoms. The van der Waals surface area contributed by atoms with Crippen molar-refractivity contribution in [3.05, 3.63) is 41.7 Å². The molecule has 0 aromatic carbocycles. The molecule has 168 valence electrons.